The highest BCUT2D eigenvalue weighted by atomic mass is 35.5. The van der Waals surface area contributed by atoms with Crippen molar-refractivity contribution in [1.82, 2.24) is 0 Å². The van der Waals surface area contributed by atoms with Crippen LogP contribution < -0.4 is 5.32 Å². The summed E-state index contributed by atoms with van der Waals surface area (Å²) in [7, 11) is 0. The van der Waals surface area contributed by atoms with Crippen molar-refractivity contribution in [3.05, 3.63) is 152 Å². The molecule has 1 unspecified atom stereocenters. The number of carbonyl (C=O) groups is 1. The molecular formula is C40H36ClNO. The Labute approximate surface area is 259 Å². The van der Waals surface area contributed by atoms with E-state index in [1.54, 1.807) is 0 Å². The van der Waals surface area contributed by atoms with Gasteiger partial charge in [0.2, 0.25) is 0 Å². The first-order valence-corrected chi connectivity index (χ1v) is 15.7. The Morgan fingerprint density at radius 3 is 2.28 bits per heavy atom. The summed E-state index contributed by atoms with van der Waals surface area (Å²) in [4.78, 5) is 15.1. The van der Waals surface area contributed by atoms with Crippen molar-refractivity contribution in [2.24, 2.45) is 0 Å². The van der Waals surface area contributed by atoms with E-state index in [9.17, 15) is 0 Å². The fourth-order valence-electron chi connectivity index (χ4n) is 7.50. The van der Waals surface area contributed by atoms with Gasteiger partial charge in [-0.15, -0.1) is 0 Å². The van der Waals surface area contributed by atoms with E-state index in [2.05, 4.69) is 92.8 Å². The maximum absolute atomic E-state index is 15.1. The Bertz CT molecular complexity index is 1890. The van der Waals surface area contributed by atoms with Crippen LogP contribution in [0.3, 0.4) is 0 Å². The van der Waals surface area contributed by atoms with Crippen LogP contribution in [0.15, 0.2) is 97.1 Å². The molecule has 0 radical (unpaired) electrons. The molecule has 5 aromatic rings. The minimum Gasteiger partial charge on any atom is -0.355 e. The highest BCUT2D eigenvalue weighted by Gasteiger charge is 2.46. The quantitative estimate of drug-likeness (QED) is 0.209. The van der Waals surface area contributed by atoms with Crippen LogP contribution in [0.25, 0.3) is 11.1 Å². The van der Waals surface area contributed by atoms with E-state index < -0.39 is 5.41 Å². The minimum atomic E-state index is -0.735. The van der Waals surface area contributed by atoms with Crippen molar-refractivity contribution in [2.75, 3.05) is 5.32 Å². The molecule has 0 aromatic heterocycles. The number of rotatable bonds is 5. The molecule has 0 spiro atoms. The molecule has 2 aliphatic carbocycles. The number of anilines is 2. The second-order valence-electron chi connectivity index (χ2n) is 12.3. The summed E-state index contributed by atoms with van der Waals surface area (Å²) in [5, 5.41) is 4.40. The Balaban J connectivity index is 1.37. The first-order valence-electron chi connectivity index (χ1n) is 15.3. The fourth-order valence-corrected chi connectivity index (χ4v) is 7.76. The van der Waals surface area contributed by atoms with Gasteiger partial charge < -0.3 is 5.32 Å². The lowest BCUT2D eigenvalue weighted by molar-refractivity contribution is 0.0897. The van der Waals surface area contributed by atoms with Gasteiger partial charge in [-0.1, -0.05) is 83.9 Å². The predicted molar refractivity (Wildman–Crippen MR) is 179 cm³/mol. The molecule has 214 valence electrons. The van der Waals surface area contributed by atoms with Crippen LogP contribution in [0.2, 0.25) is 5.02 Å². The number of fused-ring (bicyclic) bond motifs is 5. The molecule has 2 aliphatic rings. The zero-order valence-electron chi connectivity index (χ0n) is 25.1. The van der Waals surface area contributed by atoms with Crippen LogP contribution in [0.1, 0.15) is 67.7 Å². The van der Waals surface area contributed by atoms with Crippen LogP contribution >= 0.6 is 11.6 Å². The number of benzene rings is 5. The van der Waals surface area contributed by atoms with E-state index in [4.69, 9.17) is 11.6 Å². The molecule has 0 aliphatic heterocycles. The second-order valence-corrected chi connectivity index (χ2v) is 12.7. The van der Waals surface area contributed by atoms with Crippen LogP contribution in [-0.2, 0) is 24.7 Å². The molecule has 0 saturated carbocycles. The van der Waals surface area contributed by atoms with E-state index >= 15 is 4.79 Å². The van der Waals surface area contributed by atoms with Gasteiger partial charge >= 0.3 is 0 Å². The van der Waals surface area contributed by atoms with Crippen molar-refractivity contribution in [2.45, 2.75) is 58.3 Å². The first kappa shape index (κ1) is 27.7. The number of nitrogens with one attached hydrogen (secondary N) is 1. The number of hydrogen-bond donors (Lipinski definition) is 1. The van der Waals surface area contributed by atoms with Gasteiger partial charge in [0.1, 0.15) is 0 Å². The smallest absolute Gasteiger partial charge is 0.178 e. The maximum Gasteiger partial charge on any atom is 0.178 e. The normalized spacial score (nSPS) is 17.0. The molecule has 3 heteroatoms. The van der Waals surface area contributed by atoms with Crippen molar-refractivity contribution < 1.29 is 4.79 Å². The number of halogens is 1. The third kappa shape index (κ3) is 4.60. The number of hydrogen-bond acceptors (Lipinski definition) is 2. The molecule has 0 heterocycles. The molecule has 0 saturated heterocycles. The highest BCUT2D eigenvalue weighted by Crippen LogP contribution is 2.49. The van der Waals surface area contributed by atoms with E-state index in [1.807, 2.05) is 30.3 Å². The van der Waals surface area contributed by atoms with Gasteiger partial charge in [0, 0.05) is 22.0 Å². The SMILES string of the molecule is Cc1ccc(C2(C(=O)c3ccc(Nc4ccccc4C)cc3C)CCCc3c2ccc2c3CCc3c(Cl)cccc3-2)cc1. The number of para-hydroxylation sites is 1. The van der Waals surface area contributed by atoms with Gasteiger partial charge in [-0.3, -0.25) is 4.79 Å². The summed E-state index contributed by atoms with van der Waals surface area (Å²) in [6.07, 6.45) is 4.64. The van der Waals surface area contributed by atoms with Crippen molar-refractivity contribution >= 4 is 28.8 Å². The summed E-state index contributed by atoms with van der Waals surface area (Å²) >= 11 is 6.63. The molecule has 5 aromatic carbocycles. The zero-order valence-corrected chi connectivity index (χ0v) is 25.8. The van der Waals surface area contributed by atoms with Crippen LogP contribution in [0, 0.1) is 20.8 Å². The lowest BCUT2D eigenvalue weighted by Crippen LogP contribution is -2.41. The number of aryl methyl sites for hydroxylation is 3. The summed E-state index contributed by atoms with van der Waals surface area (Å²) in [5.74, 6) is 0.191. The van der Waals surface area contributed by atoms with Crippen LogP contribution in [-0.4, -0.2) is 5.78 Å². The molecule has 0 amide bonds. The van der Waals surface area contributed by atoms with Gasteiger partial charge in [-0.25, -0.2) is 0 Å². The number of ketones is 1. The molecule has 7 rings (SSSR count). The molecule has 0 fully saturated rings. The average molecular weight is 582 g/mol. The molecule has 1 atom stereocenters. The number of Topliss-reactive ketones (excluding diaryl/α,β-unsaturated/α-hetero) is 1. The van der Waals surface area contributed by atoms with E-state index in [0.29, 0.717) is 0 Å². The van der Waals surface area contributed by atoms with Gasteiger partial charge in [-0.05, 0) is 133 Å². The highest BCUT2D eigenvalue weighted by molar-refractivity contribution is 6.31. The van der Waals surface area contributed by atoms with Crippen LogP contribution in [0.5, 0.6) is 0 Å². The topological polar surface area (TPSA) is 29.1 Å². The average Bonchev–Trinajstić information content (AvgIpc) is 3.02. The Morgan fingerprint density at radius 2 is 1.49 bits per heavy atom. The monoisotopic (exact) mass is 581 g/mol. The molecule has 43 heavy (non-hydrogen) atoms. The third-order valence-corrected chi connectivity index (χ3v) is 10.1. The van der Waals surface area contributed by atoms with Gasteiger partial charge in [-0.2, -0.15) is 0 Å². The Kier molecular flexibility index (Phi) is 6.98. The largest absolute Gasteiger partial charge is 0.355 e. The molecule has 2 nitrogen and oxygen atoms in total. The van der Waals surface area contributed by atoms with E-state index in [-0.39, 0.29) is 5.78 Å². The van der Waals surface area contributed by atoms with Gasteiger partial charge in [0.25, 0.3) is 0 Å². The molecular weight excluding hydrogens is 546 g/mol. The predicted octanol–water partition coefficient (Wildman–Crippen LogP) is 10.3. The summed E-state index contributed by atoms with van der Waals surface area (Å²) in [6.45, 7) is 6.28. The Morgan fingerprint density at radius 1 is 0.721 bits per heavy atom. The minimum absolute atomic E-state index is 0.191. The van der Waals surface area contributed by atoms with Crippen molar-refractivity contribution in [3.8, 4) is 11.1 Å². The van der Waals surface area contributed by atoms with Crippen molar-refractivity contribution in [3.63, 3.8) is 0 Å². The third-order valence-electron chi connectivity index (χ3n) is 9.73. The van der Waals surface area contributed by atoms with E-state index in [1.165, 1.54) is 44.5 Å². The van der Waals surface area contributed by atoms with Gasteiger partial charge in [0.15, 0.2) is 5.78 Å². The number of carbonyl (C=O) groups excluding carboxylic acids is 1. The molecule has 1 N–H and O–H groups in total. The summed E-state index contributed by atoms with van der Waals surface area (Å²) < 4.78 is 0. The lowest BCUT2D eigenvalue weighted by atomic mass is 9.60. The van der Waals surface area contributed by atoms with Crippen LogP contribution in [0.4, 0.5) is 11.4 Å². The summed E-state index contributed by atoms with van der Waals surface area (Å²) in [6, 6.07) is 33.9. The second kappa shape index (κ2) is 10.8. The fraction of sp³-hybridized carbons (Fsp3) is 0.225. The zero-order chi connectivity index (χ0) is 29.7. The lowest BCUT2D eigenvalue weighted by Gasteiger charge is -2.41. The van der Waals surface area contributed by atoms with Crippen molar-refractivity contribution in [1.29, 1.82) is 0 Å². The van der Waals surface area contributed by atoms with Gasteiger partial charge in [0.05, 0.1) is 5.41 Å². The Hall–Kier alpha value is -4.14. The molecule has 0 bridgehead atoms. The summed E-state index contributed by atoms with van der Waals surface area (Å²) in [5.41, 5.74) is 14.3. The van der Waals surface area contributed by atoms with E-state index in [0.717, 1.165) is 65.2 Å². The standard InChI is InChI=1S/C40H36ClNO/c1-25-13-15-28(16-14-25)40(39(43)30-18-17-29(24-27(30)3)42-38-12-5-4-8-26(38)2)23-7-10-34-33-19-20-35-31(9-6-11-37(35)41)32(33)21-22-36(34)40/h4-6,8-9,11-18,21-22,24,42H,7,10,19-20,23H2,1-3H3. The first-order chi connectivity index (χ1) is 20.9. The maximum atomic E-state index is 15.1.